The van der Waals surface area contributed by atoms with Crippen LogP contribution in [-0.2, 0) is 23.8 Å². The lowest BCUT2D eigenvalue weighted by atomic mass is 10.0. The van der Waals surface area contributed by atoms with E-state index in [9.17, 15) is 14.4 Å². The van der Waals surface area contributed by atoms with Crippen LogP contribution in [0.3, 0.4) is 0 Å². The molecule has 0 saturated carbocycles. The fraction of sp³-hybridized carbons (Fsp3) is 0.353. The Morgan fingerprint density at radius 3 is 2.61 bits per heavy atom. The maximum atomic E-state index is 11.9. The Hall–Kier alpha value is -2.47. The molecular weight excluding hydrogens is 300 g/mol. The van der Waals surface area contributed by atoms with Crippen LogP contribution in [-0.4, -0.2) is 43.6 Å². The number of esters is 2. The Kier molecular flexibility index (Phi) is 5.65. The van der Waals surface area contributed by atoms with Crippen LogP contribution >= 0.6 is 0 Å². The van der Waals surface area contributed by atoms with Crippen LogP contribution in [0.5, 0.6) is 0 Å². The van der Waals surface area contributed by atoms with Gasteiger partial charge in [-0.1, -0.05) is 24.3 Å². The summed E-state index contributed by atoms with van der Waals surface area (Å²) < 4.78 is 15.3. The molecule has 2 rings (SSSR count). The fourth-order valence-corrected chi connectivity index (χ4v) is 2.13. The maximum absolute atomic E-state index is 11.9. The molecule has 0 aromatic heterocycles. The maximum Gasteiger partial charge on any atom is 0.338 e. The summed E-state index contributed by atoms with van der Waals surface area (Å²) in [5, 5.41) is 0. The first-order valence-corrected chi connectivity index (χ1v) is 7.20. The van der Waals surface area contributed by atoms with Crippen molar-refractivity contribution in [2.24, 2.45) is 5.92 Å². The molecule has 122 valence electrons. The van der Waals surface area contributed by atoms with Crippen molar-refractivity contribution in [3.05, 3.63) is 48.0 Å². The third kappa shape index (κ3) is 4.26. The molecule has 1 aliphatic rings. The highest BCUT2D eigenvalue weighted by atomic mass is 16.6. The summed E-state index contributed by atoms with van der Waals surface area (Å²) in [5.74, 6) is -1.83. The molecule has 0 fully saturated rings. The van der Waals surface area contributed by atoms with Gasteiger partial charge in [-0.15, -0.1) is 0 Å². The Morgan fingerprint density at radius 1 is 1.26 bits per heavy atom. The molecule has 1 aromatic rings. The number of methoxy groups -OCH3 is 1. The van der Waals surface area contributed by atoms with Gasteiger partial charge in [0.2, 0.25) is 0 Å². The van der Waals surface area contributed by atoms with Gasteiger partial charge < -0.3 is 14.2 Å². The molecule has 0 radical (unpaired) electrons. The van der Waals surface area contributed by atoms with Gasteiger partial charge in [0, 0.05) is 0 Å². The Labute approximate surface area is 134 Å². The van der Waals surface area contributed by atoms with Crippen LogP contribution in [0, 0.1) is 5.92 Å². The minimum Gasteiger partial charge on any atom is -0.469 e. The highest BCUT2D eigenvalue weighted by Crippen LogP contribution is 2.18. The molecule has 1 heterocycles. The lowest BCUT2D eigenvalue weighted by Gasteiger charge is -2.27. The Balaban J connectivity index is 1.95. The average Bonchev–Trinajstić information content (AvgIpc) is 2.60. The van der Waals surface area contributed by atoms with E-state index in [1.807, 2.05) is 0 Å². The molecule has 0 aliphatic carbocycles. The molecule has 0 N–H and O–H groups in total. The van der Waals surface area contributed by atoms with E-state index in [4.69, 9.17) is 9.47 Å². The molecule has 3 atom stereocenters. The van der Waals surface area contributed by atoms with Crippen LogP contribution in [0.2, 0.25) is 0 Å². The smallest absolute Gasteiger partial charge is 0.338 e. The number of ether oxygens (including phenoxy) is 3. The minimum atomic E-state index is -0.926. The summed E-state index contributed by atoms with van der Waals surface area (Å²) >= 11 is 0. The lowest BCUT2D eigenvalue weighted by molar-refractivity contribution is -0.154. The van der Waals surface area contributed by atoms with Crippen molar-refractivity contribution in [3.63, 3.8) is 0 Å². The van der Waals surface area contributed by atoms with E-state index in [-0.39, 0.29) is 12.4 Å². The number of benzene rings is 1. The normalized spacial score (nSPS) is 21.6. The van der Waals surface area contributed by atoms with E-state index in [0.717, 1.165) is 0 Å². The van der Waals surface area contributed by atoms with Gasteiger partial charge in [0.1, 0.15) is 6.61 Å². The number of ketones is 1. The SMILES string of the molecule is COC(=O)[C@H](C)[C@@H]1C=CC(=O)[C@@H](COC(=O)c2ccccc2)O1. The van der Waals surface area contributed by atoms with Crippen molar-refractivity contribution in [1.82, 2.24) is 0 Å². The van der Waals surface area contributed by atoms with Crippen LogP contribution in [0.1, 0.15) is 17.3 Å². The van der Waals surface area contributed by atoms with Crippen LogP contribution in [0.25, 0.3) is 0 Å². The number of carbonyl (C=O) groups excluding carboxylic acids is 3. The van der Waals surface area contributed by atoms with E-state index in [1.165, 1.54) is 19.3 Å². The van der Waals surface area contributed by atoms with E-state index in [2.05, 4.69) is 4.74 Å². The molecule has 0 saturated heterocycles. The standard InChI is InChI=1S/C17H18O6/c1-11(16(19)21-2)14-9-8-13(18)15(23-14)10-22-17(20)12-6-4-3-5-7-12/h3-9,11,14-15H,10H2,1-2H3/t11-,14+,15-/m1/s1. The van der Waals surface area contributed by atoms with Gasteiger partial charge in [0.15, 0.2) is 11.9 Å². The van der Waals surface area contributed by atoms with Crippen molar-refractivity contribution in [3.8, 4) is 0 Å². The molecule has 23 heavy (non-hydrogen) atoms. The van der Waals surface area contributed by atoms with Gasteiger partial charge >= 0.3 is 11.9 Å². The number of rotatable bonds is 5. The Bertz CT molecular complexity index is 607. The summed E-state index contributed by atoms with van der Waals surface area (Å²) in [6, 6.07) is 8.46. The quantitative estimate of drug-likeness (QED) is 0.766. The molecule has 0 amide bonds. The average molecular weight is 318 g/mol. The summed E-state index contributed by atoms with van der Waals surface area (Å²) in [6.45, 7) is 1.44. The van der Waals surface area contributed by atoms with E-state index in [0.29, 0.717) is 5.56 Å². The van der Waals surface area contributed by atoms with Crippen molar-refractivity contribution in [1.29, 1.82) is 0 Å². The second-order valence-corrected chi connectivity index (χ2v) is 5.13. The first-order valence-electron chi connectivity index (χ1n) is 7.20. The molecule has 6 nitrogen and oxygen atoms in total. The van der Waals surface area contributed by atoms with Gasteiger partial charge in [-0.05, 0) is 25.1 Å². The van der Waals surface area contributed by atoms with Crippen molar-refractivity contribution in [2.75, 3.05) is 13.7 Å². The highest BCUT2D eigenvalue weighted by molar-refractivity contribution is 5.95. The second kappa shape index (κ2) is 7.69. The highest BCUT2D eigenvalue weighted by Gasteiger charge is 2.32. The first-order chi connectivity index (χ1) is 11.0. The lowest BCUT2D eigenvalue weighted by Crippen LogP contribution is -2.40. The second-order valence-electron chi connectivity index (χ2n) is 5.13. The molecule has 1 aromatic carbocycles. The molecule has 1 aliphatic heterocycles. The summed E-state index contributed by atoms with van der Waals surface area (Å²) in [7, 11) is 1.29. The van der Waals surface area contributed by atoms with E-state index >= 15 is 0 Å². The van der Waals surface area contributed by atoms with Gasteiger partial charge in [0.25, 0.3) is 0 Å². The fourth-order valence-electron chi connectivity index (χ4n) is 2.13. The topological polar surface area (TPSA) is 78.9 Å². The van der Waals surface area contributed by atoms with Gasteiger partial charge in [-0.2, -0.15) is 0 Å². The van der Waals surface area contributed by atoms with Gasteiger partial charge in [0.05, 0.1) is 24.7 Å². The largest absolute Gasteiger partial charge is 0.469 e. The first kappa shape index (κ1) is 16.9. The minimum absolute atomic E-state index is 0.207. The Morgan fingerprint density at radius 2 is 1.96 bits per heavy atom. The summed E-state index contributed by atoms with van der Waals surface area (Å²) in [4.78, 5) is 35.3. The predicted molar refractivity (Wildman–Crippen MR) is 80.7 cm³/mol. The molecule has 6 heteroatoms. The number of carbonyl (C=O) groups is 3. The van der Waals surface area contributed by atoms with Gasteiger partial charge in [-0.25, -0.2) is 4.79 Å². The zero-order chi connectivity index (χ0) is 16.8. The monoisotopic (exact) mass is 318 g/mol. The molecule has 0 bridgehead atoms. The molecular formula is C17H18O6. The van der Waals surface area contributed by atoms with Crippen LogP contribution in [0.4, 0.5) is 0 Å². The van der Waals surface area contributed by atoms with Crippen molar-refractivity contribution >= 4 is 17.7 Å². The van der Waals surface area contributed by atoms with Crippen molar-refractivity contribution in [2.45, 2.75) is 19.1 Å². The molecule has 0 spiro atoms. The van der Waals surface area contributed by atoms with E-state index < -0.39 is 30.1 Å². The number of hydrogen-bond donors (Lipinski definition) is 0. The van der Waals surface area contributed by atoms with E-state index in [1.54, 1.807) is 37.3 Å². The van der Waals surface area contributed by atoms with Gasteiger partial charge in [-0.3, -0.25) is 9.59 Å². The zero-order valence-corrected chi connectivity index (χ0v) is 12.9. The van der Waals surface area contributed by atoms with Crippen molar-refractivity contribution < 1.29 is 28.6 Å². The summed E-state index contributed by atoms with van der Waals surface area (Å²) in [6.07, 6.45) is 1.33. The molecule has 0 unspecified atom stereocenters. The van der Waals surface area contributed by atoms with Crippen LogP contribution < -0.4 is 0 Å². The zero-order valence-electron chi connectivity index (χ0n) is 12.9. The predicted octanol–water partition coefficient (Wildman–Crippen LogP) is 1.55. The number of hydrogen-bond acceptors (Lipinski definition) is 6. The summed E-state index contributed by atoms with van der Waals surface area (Å²) in [5.41, 5.74) is 0.394. The third-order valence-electron chi connectivity index (χ3n) is 3.53. The third-order valence-corrected chi connectivity index (χ3v) is 3.53. The van der Waals surface area contributed by atoms with Crippen LogP contribution in [0.15, 0.2) is 42.5 Å².